The van der Waals surface area contributed by atoms with Crippen molar-refractivity contribution in [3.8, 4) is 0 Å². The van der Waals surface area contributed by atoms with Gasteiger partial charge in [0.2, 0.25) is 0 Å². The van der Waals surface area contributed by atoms with Gasteiger partial charge < -0.3 is 10.1 Å². The summed E-state index contributed by atoms with van der Waals surface area (Å²) < 4.78 is 5.19. The summed E-state index contributed by atoms with van der Waals surface area (Å²) in [6.45, 7) is 0. The van der Waals surface area contributed by atoms with Crippen LogP contribution in [0.15, 0.2) is 35.1 Å². The molecule has 2 aromatic rings. The summed E-state index contributed by atoms with van der Waals surface area (Å²) in [6, 6.07) is 6.23. The molecular weight excluding hydrogens is 344 g/mol. The Morgan fingerprint density at radius 1 is 1.48 bits per heavy atom. The fourth-order valence-electron chi connectivity index (χ4n) is 1.52. The summed E-state index contributed by atoms with van der Waals surface area (Å²) >= 11 is 3.21. The maximum absolute atomic E-state index is 11.7. The zero-order valence-corrected chi connectivity index (χ0v) is 12.3. The molecule has 0 saturated heterocycles. The lowest BCUT2D eigenvalue weighted by molar-refractivity contribution is -0.385. The van der Waals surface area contributed by atoms with Gasteiger partial charge in [-0.15, -0.1) is 0 Å². The van der Waals surface area contributed by atoms with Crippen molar-refractivity contribution in [1.29, 1.82) is 0 Å². The molecule has 108 valence electrons. The molecular formula is C12H9BrN4O4. The number of esters is 1. The summed E-state index contributed by atoms with van der Waals surface area (Å²) in [7, 11) is 1.18. The Balaban J connectivity index is 2.42. The predicted molar refractivity (Wildman–Crippen MR) is 77.5 cm³/mol. The van der Waals surface area contributed by atoms with Crippen molar-refractivity contribution in [2.24, 2.45) is 0 Å². The van der Waals surface area contributed by atoms with E-state index in [0.717, 1.165) is 12.3 Å². The Labute approximate surface area is 127 Å². The molecule has 0 saturated carbocycles. The monoisotopic (exact) mass is 352 g/mol. The first-order valence-corrected chi connectivity index (χ1v) is 6.43. The molecule has 0 amide bonds. The number of nitrogens with one attached hydrogen (secondary N) is 1. The third-order valence-corrected chi connectivity index (χ3v) is 2.89. The molecule has 0 unspecified atom stereocenters. The predicted octanol–water partition coefficient (Wildman–Crippen LogP) is 2.68. The number of anilines is 2. The van der Waals surface area contributed by atoms with Crippen LogP contribution in [0.25, 0.3) is 0 Å². The number of nitrogens with zero attached hydrogens (tertiary/aromatic N) is 3. The SMILES string of the molecule is COC(=O)c1cc([N+](=O)[O-])cnc1Nc1cccc(Br)n1. The average Bonchev–Trinajstić information content (AvgIpc) is 2.46. The first-order chi connectivity index (χ1) is 10.0. The molecule has 0 aliphatic carbocycles. The van der Waals surface area contributed by atoms with E-state index in [1.54, 1.807) is 18.2 Å². The van der Waals surface area contributed by atoms with Crippen LogP contribution in [-0.2, 0) is 4.74 Å². The second-order valence-electron chi connectivity index (χ2n) is 3.81. The number of rotatable bonds is 4. The minimum Gasteiger partial charge on any atom is -0.465 e. The molecule has 0 atom stereocenters. The van der Waals surface area contributed by atoms with Crippen molar-refractivity contribution < 1.29 is 14.5 Å². The lowest BCUT2D eigenvalue weighted by atomic mass is 10.2. The van der Waals surface area contributed by atoms with E-state index in [2.05, 4.69) is 36.0 Å². The third-order valence-electron chi connectivity index (χ3n) is 2.45. The number of ether oxygens (including phenoxy) is 1. The first-order valence-electron chi connectivity index (χ1n) is 5.63. The molecule has 0 radical (unpaired) electrons. The Bertz CT molecular complexity index is 707. The van der Waals surface area contributed by atoms with Crippen molar-refractivity contribution in [2.75, 3.05) is 12.4 Å². The van der Waals surface area contributed by atoms with Gasteiger partial charge in [0.1, 0.15) is 28.0 Å². The molecule has 0 spiro atoms. The molecule has 2 aromatic heterocycles. The van der Waals surface area contributed by atoms with E-state index in [-0.39, 0.29) is 17.1 Å². The van der Waals surface area contributed by atoms with Gasteiger partial charge in [0.15, 0.2) is 0 Å². The number of pyridine rings is 2. The smallest absolute Gasteiger partial charge is 0.341 e. The molecule has 0 aromatic carbocycles. The Hall–Kier alpha value is -2.55. The van der Waals surface area contributed by atoms with Crippen LogP contribution in [0.5, 0.6) is 0 Å². The van der Waals surface area contributed by atoms with Crippen LogP contribution in [0.3, 0.4) is 0 Å². The van der Waals surface area contributed by atoms with E-state index in [9.17, 15) is 14.9 Å². The highest BCUT2D eigenvalue weighted by atomic mass is 79.9. The number of nitro groups is 1. The van der Waals surface area contributed by atoms with Crippen LogP contribution < -0.4 is 5.32 Å². The van der Waals surface area contributed by atoms with Crippen LogP contribution in [0.4, 0.5) is 17.3 Å². The summed E-state index contributed by atoms with van der Waals surface area (Å²) in [5.41, 5.74) is -0.350. The molecule has 0 aliphatic rings. The molecule has 2 rings (SSSR count). The van der Waals surface area contributed by atoms with Gasteiger partial charge >= 0.3 is 5.97 Å². The Morgan fingerprint density at radius 2 is 2.24 bits per heavy atom. The van der Waals surface area contributed by atoms with Gasteiger partial charge in [0, 0.05) is 6.07 Å². The van der Waals surface area contributed by atoms with Gasteiger partial charge in [-0.25, -0.2) is 14.8 Å². The summed E-state index contributed by atoms with van der Waals surface area (Å²) in [5, 5.41) is 13.6. The fourth-order valence-corrected chi connectivity index (χ4v) is 1.86. The number of halogens is 1. The number of carbonyl (C=O) groups is 1. The lowest BCUT2D eigenvalue weighted by Gasteiger charge is -2.09. The number of hydrogen-bond donors (Lipinski definition) is 1. The molecule has 0 fully saturated rings. The van der Waals surface area contributed by atoms with E-state index in [1.165, 1.54) is 7.11 Å². The molecule has 1 N–H and O–H groups in total. The van der Waals surface area contributed by atoms with E-state index in [0.29, 0.717) is 10.4 Å². The van der Waals surface area contributed by atoms with E-state index < -0.39 is 10.9 Å². The standard InChI is InChI=1S/C12H9BrN4O4/c1-21-12(18)8-5-7(17(19)20)6-14-11(8)16-10-4-2-3-9(13)15-10/h2-6H,1H3,(H,14,15,16). The van der Waals surface area contributed by atoms with Crippen LogP contribution in [0, 0.1) is 10.1 Å². The normalized spacial score (nSPS) is 10.0. The zero-order valence-electron chi connectivity index (χ0n) is 10.7. The maximum atomic E-state index is 11.7. The van der Waals surface area contributed by atoms with Gasteiger partial charge in [-0.1, -0.05) is 6.07 Å². The van der Waals surface area contributed by atoms with Gasteiger partial charge in [0.25, 0.3) is 5.69 Å². The highest BCUT2D eigenvalue weighted by molar-refractivity contribution is 9.10. The van der Waals surface area contributed by atoms with Crippen LogP contribution >= 0.6 is 15.9 Å². The summed E-state index contributed by atoms with van der Waals surface area (Å²) in [5.74, 6) is -0.183. The number of aromatic nitrogens is 2. The lowest BCUT2D eigenvalue weighted by Crippen LogP contribution is -2.09. The fraction of sp³-hybridized carbons (Fsp3) is 0.0833. The van der Waals surface area contributed by atoms with Gasteiger partial charge in [-0.05, 0) is 28.1 Å². The first kappa shape index (κ1) is 14.9. The quantitative estimate of drug-likeness (QED) is 0.390. The second-order valence-corrected chi connectivity index (χ2v) is 4.62. The highest BCUT2D eigenvalue weighted by Gasteiger charge is 2.19. The van der Waals surface area contributed by atoms with Crippen molar-refractivity contribution in [3.63, 3.8) is 0 Å². The minimum absolute atomic E-state index is 0.0477. The summed E-state index contributed by atoms with van der Waals surface area (Å²) in [4.78, 5) is 29.8. The largest absolute Gasteiger partial charge is 0.465 e. The van der Waals surface area contributed by atoms with Crippen LogP contribution in [0.1, 0.15) is 10.4 Å². The van der Waals surface area contributed by atoms with Crippen molar-refractivity contribution >= 4 is 39.2 Å². The van der Waals surface area contributed by atoms with Crippen molar-refractivity contribution in [3.05, 3.63) is 50.7 Å². The summed E-state index contributed by atoms with van der Waals surface area (Å²) in [6.07, 6.45) is 1.05. The molecule has 21 heavy (non-hydrogen) atoms. The van der Waals surface area contributed by atoms with E-state index >= 15 is 0 Å². The maximum Gasteiger partial charge on any atom is 0.341 e. The number of hydrogen-bond acceptors (Lipinski definition) is 7. The number of methoxy groups -OCH3 is 1. The number of carbonyl (C=O) groups excluding carboxylic acids is 1. The average molecular weight is 353 g/mol. The molecule has 9 heteroatoms. The Kier molecular flexibility index (Phi) is 4.43. The topological polar surface area (TPSA) is 107 Å². The molecule has 0 bridgehead atoms. The molecule has 0 aliphatic heterocycles. The van der Waals surface area contributed by atoms with Crippen molar-refractivity contribution in [1.82, 2.24) is 9.97 Å². The van der Waals surface area contributed by atoms with Crippen molar-refractivity contribution in [2.45, 2.75) is 0 Å². The minimum atomic E-state index is -0.733. The third kappa shape index (κ3) is 3.51. The highest BCUT2D eigenvalue weighted by Crippen LogP contribution is 2.23. The van der Waals surface area contributed by atoms with Gasteiger partial charge in [-0.2, -0.15) is 0 Å². The van der Waals surface area contributed by atoms with Crippen LogP contribution in [0.2, 0.25) is 0 Å². The van der Waals surface area contributed by atoms with E-state index in [1.807, 2.05) is 0 Å². The Morgan fingerprint density at radius 3 is 2.86 bits per heavy atom. The van der Waals surface area contributed by atoms with Crippen LogP contribution in [-0.4, -0.2) is 28.0 Å². The molecule has 8 nitrogen and oxygen atoms in total. The second kappa shape index (κ2) is 6.27. The van der Waals surface area contributed by atoms with E-state index in [4.69, 9.17) is 0 Å². The van der Waals surface area contributed by atoms with Gasteiger partial charge in [-0.3, -0.25) is 10.1 Å². The molecule has 2 heterocycles. The zero-order chi connectivity index (χ0) is 15.4. The van der Waals surface area contributed by atoms with Gasteiger partial charge in [0.05, 0.1) is 12.0 Å².